The average Bonchev–Trinajstić information content (AvgIpc) is 3.33. The number of aromatic nitrogens is 1. The van der Waals surface area contributed by atoms with Crippen molar-refractivity contribution in [2.24, 2.45) is 0 Å². The number of nitrogens with zero attached hydrogens (tertiary/aromatic N) is 1. The number of benzene rings is 2. The molecule has 0 bridgehead atoms. The number of aliphatic hydroxyl groups excluding tert-OH is 1. The maximum atomic E-state index is 10.2. The zero-order chi connectivity index (χ0) is 20.2. The molecule has 1 atom stereocenters. The second-order valence-corrected chi connectivity index (χ2v) is 8.18. The molecule has 0 saturated carbocycles. The van der Waals surface area contributed by atoms with E-state index in [1.54, 1.807) is 23.5 Å². The number of furan rings is 1. The standard InChI is InChI=1S/C22H21ClN2O3S/c1-14-25-19(13-29-14)22-11-16-10-18(5-6-21(16)28-22)27-8-7-24-12-20(26)15-3-2-4-17(23)9-15/h2-6,9-11,13,20,24,26H,7-8,12H2,1H3/t20-/m0/s1. The summed E-state index contributed by atoms with van der Waals surface area (Å²) < 4.78 is 11.7. The third kappa shape index (κ3) is 4.97. The van der Waals surface area contributed by atoms with Crippen LogP contribution in [0.1, 0.15) is 16.7 Å². The number of aryl methyl sites for hydroxylation is 1. The maximum Gasteiger partial charge on any atom is 0.154 e. The van der Waals surface area contributed by atoms with E-state index in [-0.39, 0.29) is 0 Å². The number of thiazole rings is 1. The highest BCUT2D eigenvalue weighted by Gasteiger charge is 2.10. The van der Waals surface area contributed by atoms with Crippen LogP contribution in [0.4, 0.5) is 0 Å². The molecule has 0 saturated heterocycles. The smallest absolute Gasteiger partial charge is 0.154 e. The molecule has 4 aromatic rings. The van der Waals surface area contributed by atoms with E-state index in [2.05, 4.69) is 10.3 Å². The van der Waals surface area contributed by atoms with Gasteiger partial charge in [-0.1, -0.05) is 23.7 Å². The molecule has 2 N–H and O–H groups in total. The van der Waals surface area contributed by atoms with Gasteiger partial charge in [0, 0.05) is 28.9 Å². The quantitative estimate of drug-likeness (QED) is 0.376. The number of nitrogens with one attached hydrogen (secondary N) is 1. The fraction of sp³-hybridized carbons (Fsp3) is 0.227. The van der Waals surface area contributed by atoms with Gasteiger partial charge in [-0.25, -0.2) is 4.98 Å². The van der Waals surface area contributed by atoms with Crippen LogP contribution in [-0.2, 0) is 0 Å². The summed E-state index contributed by atoms with van der Waals surface area (Å²) in [6, 6.07) is 15.0. The minimum Gasteiger partial charge on any atom is -0.492 e. The largest absolute Gasteiger partial charge is 0.492 e. The van der Waals surface area contributed by atoms with Gasteiger partial charge >= 0.3 is 0 Å². The van der Waals surface area contributed by atoms with E-state index in [4.69, 9.17) is 20.8 Å². The number of hydrogen-bond donors (Lipinski definition) is 2. The highest BCUT2D eigenvalue weighted by atomic mass is 35.5. The van der Waals surface area contributed by atoms with Crippen molar-refractivity contribution in [1.29, 1.82) is 0 Å². The monoisotopic (exact) mass is 428 g/mol. The third-order valence-electron chi connectivity index (χ3n) is 4.48. The second kappa shape index (κ2) is 8.97. The summed E-state index contributed by atoms with van der Waals surface area (Å²) in [6.07, 6.45) is -0.608. The maximum absolute atomic E-state index is 10.2. The first kappa shape index (κ1) is 19.9. The van der Waals surface area contributed by atoms with Crippen LogP contribution in [0.2, 0.25) is 5.02 Å². The predicted molar refractivity (Wildman–Crippen MR) is 117 cm³/mol. The molecule has 0 amide bonds. The third-order valence-corrected chi connectivity index (χ3v) is 5.49. The van der Waals surface area contributed by atoms with Gasteiger partial charge in [0.15, 0.2) is 5.76 Å². The van der Waals surface area contributed by atoms with Crippen LogP contribution in [0, 0.1) is 6.92 Å². The zero-order valence-corrected chi connectivity index (χ0v) is 17.5. The molecule has 4 rings (SSSR count). The number of rotatable bonds is 8. The van der Waals surface area contributed by atoms with E-state index in [0.29, 0.717) is 24.7 Å². The molecule has 0 unspecified atom stereocenters. The minimum atomic E-state index is -0.608. The van der Waals surface area contributed by atoms with Crippen molar-refractivity contribution in [1.82, 2.24) is 10.3 Å². The molecule has 2 heterocycles. The SMILES string of the molecule is Cc1nc(-c2cc3cc(OCCNC[C@H](O)c4cccc(Cl)c4)ccc3o2)cs1. The van der Waals surface area contributed by atoms with Gasteiger partial charge in [-0.05, 0) is 48.9 Å². The van der Waals surface area contributed by atoms with Gasteiger partial charge in [0.2, 0.25) is 0 Å². The topological polar surface area (TPSA) is 67.5 Å². The fourth-order valence-electron chi connectivity index (χ4n) is 3.03. The molecular weight excluding hydrogens is 408 g/mol. The lowest BCUT2D eigenvalue weighted by Gasteiger charge is -2.13. The first-order valence-corrected chi connectivity index (χ1v) is 10.6. The number of ether oxygens (including phenoxy) is 1. The molecular formula is C22H21ClN2O3S. The van der Waals surface area contributed by atoms with Crippen LogP contribution in [-0.4, -0.2) is 29.8 Å². The average molecular weight is 429 g/mol. The minimum absolute atomic E-state index is 0.431. The molecule has 5 nitrogen and oxygen atoms in total. The van der Waals surface area contributed by atoms with Gasteiger partial charge in [-0.15, -0.1) is 11.3 Å². The number of hydrogen-bond acceptors (Lipinski definition) is 6. The van der Waals surface area contributed by atoms with Crippen molar-refractivity contribution < 1.29 is 14.3 Å². The summed E-state index contributed by atoms with van der Waals surface area (Å²) in [7, 11) is 0. The van der Waals surface area contributed by atoms with Gasteiger partial charge in [-0.2, -0.15) is 0 Å². The predicted octanol–water partition coefficient (Wildman–Crippen LogP) is 5.22. The Hall–Kier alpha value is -2.38. The molecule has 150 valence electrons. The highest BCUT2D eigenvalue weighted by molar-refractivity contribution is 7.09. The van der Waals surface area contributed by atoms with Crippen molar-refractivity contribution >= 4 is 33.9 Å². The molecule has 29 heavy (non-hydrogen) atoms. The Morgan fingerprint density at radius 3 is 2.93 bits per heavy atom. The Balaban J connectivity index is 1.28. The number of aliphatic hydroxyl groups is 1. The van der Waals surface area contributed by atoms with E-state index in [1.165, 1.54) is 0 Å². The van der Waals surface area contributed by atoms with Crippen LogP contribution in [0.25, 0.3) is 22.4 Å². The first-order valence-electron chi connectivity index (χ1n) is 9.31. The second-order valence-electron chi connectivity index (χ2n) is 6.69. The lowest BCUT2D eigenvalue weighted by Crippen LogP contribution is -2.26. The van der Waals surface area contributed by atoms with Crippen LogP contribution < -0.4 is 10.1 Å². The molecule has 0 aliphatic carbocycles. The Bertz CT molecular complexity index is 1110. The Labute approximate surface area is 177 Å². The van der Waals surface area contributed by atoms with Crippen molar-refractivity contribution in [3.63, 3.8) is 0 Å². The lowest BCUT2D eigenvalue weighted by atomic mass is 10.1. The summed E-state index contributed by atoms with van der Waals surface area (Å²) in [6.45, 7) is 3.51. The molecule has 2 aromatic carbocycles. The molecule has 0 aliphatic rings. The molecule has 0 fully saturated rings. The molecule has 7 heteroatoms. The van der Waals surface area contributed by atoms with E-state index in [0.717, 1.165) is 38.7 Å². The highest BCUT2D eigenvalue weighted by Crippen LogP contribution is 2.30. The van der Waals surface area contributed by atoms with Crippen molar-refractivity contribution in [3.05, 3.63) is 69.5 Å². The van der Waals surface area contributed by atoms with Gasteiger partial charge in [0.25, 0.3) is 0 Å². The van der Waals surface area contributed by atoms with Crippen molar-refractivity contribution in [2.45, 2.75) is 13.0 Å². The number of halogens is 1. The van der Waals surface area contributed by atoms with Gasteiger partial charge in [0.1, 0.15) is 23.6 Å². The molecule has 0 aliphatic heterocycles. The normalized spacial score (nSPS) is 12.4. The van der Waals surface area contributed by atoms with Gasteiger partial charge in [-0.3, -0.25) is 0 Å². The van der Waals surface area contributed by atoms with Gasteiger partial charge in [0.05, 0.1) is 11.1 Å². The number of fused-ring (bicyclic) bond motifs is 1. The lowest BCUT2D eigenvalue weighted by molar-refractivity contribution is 0.172. The Kier molecular flexibility index (Phi) is 6.16. The van der Waals surface area contributed by atoms with Gasteiger partial charge < -0.3 is 19.6 Å². The van der Waals surface area contributed by atoms with Crippen LogP contribution in [0.3, 0.4) is 0 Å². The van der Waals surface area contributed by atoms with Crippen molar-refractivity contribution in [2.75, 3.05) is 19.7 Å². The summed E-state index contributed by atoms with van der Waals surface area (Å²) in [5.74, 6) is 1.54. The first-order chi connectivity index (χ1) is 14.1. The fourth-order valence-corrected chi connectivity index (χ4v) is 3.83. The van der Waals surface area contributed by atoms with E-state index >= 15 is 0 Å². The van der Waals surface area contributed by atoms with E-state index in [1.807, 2.05) is 48.7 Å². The summed E-state index contributed by atoms with van der Waals surface area (Å²) in [5.41, 5.74) is 2.46. The van der Waals surface area contributed by atoms with Crippen LogP contribution >= 0.6 is 22.9 Å². The van der Waals surface area contributed by atoms with E-state index < -0.39 is 6.10 Å². The summed E-state index contributed by atoms with van der Waals surface area (Å²) in [5, 5.41) is 18.0. The summed E-state index contributed by atoms with van der Waals surface area (Å²) in [4.78, 5) is 4.47. The van der Waals surface area contributed by atoms with Crippen LogP contribution in [0.15, 0.2) is 58.3 Å². The Morgan fingerprint density at radius 2 is 2.14 bits per heavy atom. The molecule has 0 radical (unpaired) electrons. The molecule has 2 aromatic heterocycles. The summed E-state index contributed by atoms with van der Waals surface area (Å²) >= 11 is 7.56. The van der Waals surface area contributed by atoms with E-state index in [9.17, 15) is 5.11 Å². The molecule has 0 spiro atoms. The Morgan fingerprint density at radius 1 is 1.24 bits per heavy atom. The van der Waals surface area contributed by atoms with Crippen LogP contribution in [0.5, 0.6) is 5.75 Å². The van der Waals surface area contributed by atoms with Crippen molar-refractivity contribution in [3.8, 4) is 17.2 Å². The zero-order valence-electron chi connectivity index (χ0n) is 15.9.